The molecular formula is C23H20BCl2N7. The van der Waals surface area contributed by atoms with E-state index in [0.717, 1.165) is 45.4 Å². The molecule has 1 N–H and O–H groups in total. The molecule has 0 bridgehead atoms. The summed E-state index contributed by atoms with van der Waals surface area (Å²) >= 11 is 12.2. The zero-order chi connectivity index (χ0) is 22.9. The van der Waals surface area contributed by atoms with E-state index >= 15 is 0 Å². The Morgan fingerprint density at radius 3 is 2.73 bits per heavy atom. The van der Waals surface area contributed by atoms with E-state index in [9.17, 15) is 0 Å². The first-order chi connectivity index (χ1) is 16.0. The second-order valence-electron chi connectivity index (χ2n) is 7.97. The van der Waals surface area contributed by atoms with E-state index in [4.69, 9.17) is 33.2 Å². The summed E-state index contributed by atoms with van der Waals surface area (Å²) in [4.78, 5) is 19.5. The molecule has 0 saturated carbocycles. The fourth-order valence-corrected chi connectivity index (χ4v) is 4.11. The van der Waals surface area contributed by atoms with Crippen molar-refractivity contribution in [2.45, 2.75) is 20.0 Å². The first-order valence-electron chi connectivity index (χ1n) is 10.4. The number of aromatic nitrogens is 6. The summed E-state index contributed by atoms with van der Waals surface area (Å²) in [5, 5.41) is 5.37. The molecule has 0 aliphatic heterocycles. The Bertz CT molecular complexity index is 1450. The Hall–Kier alpha value is -3.20. The normalized spacial score (nSPS) is 11.5. The second kappa shape index (κ2) is 8.98. The molecule has 0 aliphatic carbocycles. The Morgan fingerprint density at radius 1 is 1.03 bits per heavy atom. The number of pyridine rings is 2. The van der Waals surface area contributed by atoms with Gasteiger partial charge in [-0.15, -0.1) is 0 Å². The van der Waals surface area contributed by atoms with Gasteiger partial charge < -0.3 is 9.79 Å². The van der Waals surface area contributed by atoms with Crippen LogP contribution in [0.4, 0.5) is 0 Å². The minimum Gasteiger partial charge on any atom is -0.340 e. The van der Waals surface area contributed by atoms with Crippen LogP contribution in [0.3, 0.4) is 0 Å². The highest BCUT2D eigenvalue weighted by Crippen LogP contribution is 2.30. The topological polar surface area (TPSA) is 75.0 Å². The van der Waals surface area contributed by atoms with Gasteiger partial charge in [0, 0.05) is 30.5 Å². The summed E-state index contributed by atoms with van der Waals surface area (Å²) in [7, 11) is 2.04. The lowest BCUT2D eigenvalue weighted by Gasteiger charge is -2.16. The molecular weight excluding hydrogens is 456 g/mol. The first kappa shape index (κ1) is 21.6. The van der Waals surface area contributed by atoms with Gasteiger partial charge in [0.05, 0.1) is 21.4 Å². The summed E-state index contributed by atoms with van der Waals surface area (Å²) < 4.78 is 1.75. The second-order valence-corrected chi connectivity index (χ2v) is 8.79. The molecule has 0 spiro atoms. The number of H-pyrrole nitrogens is 1. The number of halogens is 2. The fraction of sp³-hybridized carbons (Fsp3) is 0.130. The molecule has 33 heavy (non-hydrogen) atoms. The van der Waals surface area contributed by atoms with Crippen LogP contribution in [-0.4, -0.2) is 42.3 Å². The number of nitrogens with one attached hydrogen (secondary N) is 1. The van der Waals surface area contributed by atoms with Crippen LogP contribution in [0.5, 0.6) is 0 Å². The molecule has 0 radical (unpaired) electrons. The summed E-state index contributed by atoms with van der Waals surface area (Å²) in [5.74, 6) is 0.838. The number of rotatable bonds is 6. The van der Waals surface area contributed by atoms with E-state index in [1.807, 2.05) is 69.6 Å². The van der Waals surface area contributed by atoms with Gasteiger partial charge in [-0.05, 0) is 48.9 Å². The maximum Gasteiger partial charge on any atom is 0.186 e. The van der Waals surface area contributed by atoms with Crippen LogP contribution in [0.1, 0.15) is 17.1 Å². The monoisotopic (exact) mass is 475 g/mol. The van der Waals surface area contributed by atoms with E-state index in [0.29, 0.717) is 23.1 Å². The number of imidazole rings is 1. The van der Waals surface area contributed by atoms with Crippen molar-refractivity contribution in [2.75, 3.05) is 0 Å². The summed E-state index contributed by atoms with van der Waals surface area (Å²) in [6, 6.07) is 15.6. The van der Waals surface area contributed by atoms with Crippen molar-refractivity contribution in [3.05, 3.63) is 88.2 Å². The predicted octanol–water partition coefficient (Wildman–Crippen LogP) is 4.35. The molecule has 10 heteroatoms. The Morgan fingerprint density at radius 2 is 1.91 bits per heavy atom. The minimum atomic E-state index is 0.554. The van der Waals surface area contributed by atoms with E-state index in [2.05, 4.69) is 19.9 Å². The molecule has 0 aliphatic rings. The first-order valence-corrected chi connectivity index (χ1v) is 11.2. The molecule has 0 saturated heterocycles. The lowest BCUT2D eigenvalue weighted by atomic mass is 10.1. The Labute approximate surface area is 201 Å². The smallest absolute Gasteiger partial charge is 0.186 e. The maximum absolute atomic E-state index is 6.18. The molecule has 0 amide bonds. The number of aromatic amines is 1. The van der Waals surface area contributed by atoms with Crippen molar-refractivity contribution >= 4 is 36.8 Å². The Balaban J connectivity index is 1.49. The molecule has 164 valence electrons. The average Bonchev–Trinajstić information content (AvgIpc) is 3.42. The molecule has 1 aromatic carbocycles. The minimum absolute atomic E-state index is 0.554. The van der Waals surface area contributed by atoms with E-state index in [-0.39, 0.29) is 0 Å². The molecule has 5 aromatic rings. The number of benzene rings is 1. The summed E-state index contributed by atoms with van der Waals surface area (Å²) in [6.07, 6.45) is 3.48. The number of aryl methyl sites for hydroxylation is 1. The van der Waals surface area contributed by atoms with Gasteiger partial charge in [-0.3, -0.25) is 4.98 Å². The van der Waals surface area contributed by atoms with Crippen molar-refractivity contribution in [1.29, 1.82) is 0 Å². The van der Waals surface area contributed by atoms with Gasteiger partial charge in [0.25, 0.3) is 0 Å². The average molecular weight is 476 g/mol. The van der Waals surface area contributed by atoms with Gasteiger partial charge >= 0.3 is 0 Å². The third-order valence-electron chi connectivity index (χ3n) is 5.30. The van der Waals surface area contributed by atoms with Crippen molar-refractivity contribution in [1.82, 2.24) is 34.4 Å². The van der Waals surface area contributed by atoms with Crippen LogP contribution in [0, 0.1) is 6.92 Å². The van der Waals surface area contributed by atoms with Crippen molar-refractivity contribution in [2.24, 2.45) is 0 Å². The Kier molecular flexibility index (Phi) is 5.89. The molecule has 0 unspecified atom stereocenters. The molecule has 5 rings (SSSR count). The van der Waals surface area contributed by atoms with Crippen molar-refractivity contribution in [3.8, 4) is 22.6 Å². The fourth-order valence-electron chi connectivity index (χ4n) is 3.79. The van der Waals surface area contributed by atoms with Crippen LogP contribution < -0.4 is 0 Å². The third kappa shape index (κ3) is 4.64. The van der Waals surface area contributed by atoms with Crippen LogP contribution in [0.15, 0.2) is 61.1 Å². The lowest BCUT2D eigenvalue weighted by molar-refractivity contribution is 0.432. The molecule has 0 fully saturated rings. The van der Waals surface area contributed by atoms with Crippen LogP contribution in [-0.2, 0) is 13.1 Å². The molecule has 4 heterocycles. The zero-order valence-corrected chi connectivity index (χ0v) is 19.6. The molecule has 0 atom stereocenters. The summed E-state index contributed by atoms with van der Waals surface area (Å²) in [6.45, 7) is 3.30. The number of hydrogen-bond donors (Lipinski definition) is 1. The number of fused-ring (bicyclic) bond motifs is 1. The van der Waals surface area contributed by atoms with Gasteiger partial charge in [-0.2, -0.15) is 5.10 Å². The SMILES string of the molecule is BN(Cc1ccc(Cl)c(Cl)c1)Cc1nc(-c2cccc(C)n2)c(-c2ccc3ncnn3c2)[nH]1. The van der Waals surface area contributed by atoms with E-state index in [1.54, 1.807) is 10.8 Å². The third-order valence-corrected chi connectivity index (χ3v) is 6.04. The molecule has 7 nitrogen and oxygen atoms in total. The van der Waals surface area contributed by atoms with Crippen LogP contribution in [0.25, 0.3) is 28.3 Å². The number of hydrogen-bond acceptors (Lipinski definition) is 5. The quantitative estimate of drug-likeness (QED) is 0.369. The largest absolute Gasteiger partial charge is 0.340 e. The standard InChI is InChI=1S/C23H20BCl2N7/c1-14-3-2-4-19(29-14)23-22(16-6-8-21-27-13-28-33(21)11-16)30-20(31-23)12-32(24)10-15-5-7-17(25)18(26)9-15/h2-9,11,13H,10,12,24H2,1H3,(H,30,31). The van der Waals surface area contributed by atoms with E-state index < -0.39 is 0 Å². The van der Waals surface area contributed by atoms with Gasteiger partial charge in [0.1, 0.15) is 17.8 Å². The van der Waals surface area contributed by atoms with Gasteiger partial charge in [-0.1, -0.05) is 35.3 Å². The van der Waals surface area contributed by atoms with Crippen molar-refractivity contribution in [3.63, 3.8) is 0 Å². The van der Waals surface area contributed by atoms with Crippen LogP contribution >= 0.6 is 23.2 Å². The van der Waals surface area contributed by atoms with Gasteiger partial charge in [0.15, 0.2) is 13.6 Å². The highest BCUT2D eigenvalue weighted by atomic mass is 35.5. The molecule has 4 aromatic heterocycles. The maximum atomic E-state index is 6.18. The van der Waals surface area contributed by atoms with Gasteiger partial charge in [0.2, 0.25) is 0 Å². The van der Waals surface area contributed by atoms with Crippen molar-refractivity contribution < 1.29 is 0 Å². The van der Waals surface area contributed by atoms with E-state index in [1.165, 1.54) is 0 Å². The highest BCUT2D eigenvalue weighted by Gasteiger charge is 2.17. The lowest BCUT2D eigenvalue weighted by Crippen LogP contribution is -2.19. The zero-order valence-electron chi connectivity index (χ0n) is 18.1. The van der Waals surface area contributed by atoms with Gasteiger partial charge in [-0.25, -0.2) is 14.5 Å². The number of nitrogens with zero attached hydrogens (tertiary/aromatic N) is 6. The predicted molar refractivity (Wildman–Crippen MR) is 133 cm³/mol. The van der Waals surface area contributed by atoms with Crippen LogP contribution in [0.2, 0.25) is 10.0 Å². The highest BCUT2D eigenvalue weighted by molar-refractivity contribution is 6.42. The summed E-state index contributed by atoms with van der Waals surface area (Å²) in [5.41, 5.74) is 6.27.